The van der Waals surface area contributed by atoms with Crippen molar-refractivity contribution in [3.8, 4) is 0 Å². The molecule has 146 valence electrons. The van der Waals surface area contributed by atoms with E-state index in [0.29, 0.717) is 35.0 Å². The second kappa shape index (κ2) is 8.80. The number of benzene rings is 2. The highest BCUT2D eigenvalue weighted by Gasteiger charge is 2.42. The number of hydrogen-bond donors (Lipinski definition) is 1. The number of aryl methyl sites for hydroxylation is 1. The number of Topliss-reactive ketones (excluding diaryl/α,β-unsaturated/α-hetero) is 1. The van der Waals surface area contributed by atoms with Crippen molar-refractivity contribution in [2.24, 2.45) is 0 Å². The molecule has 2 aromatic rings. The molecule has 6 heteroatoms. The summed E-state index contributed by atoms with van der Waals surface area (Å²) in [6, 6.07) is 14.0. The van der Waals surface area contributed by atoms with Gasteiger partial charge in [-0.2, -0.15) is 0 Å². The lowest BCUT2D eigenvalue weighted by molar-refractivity contribution is -0.129. The maximum Gasteiger partial charge on any atom is 0.290 e. The lowest BCUT2D eigenvalue weighted by atomic mass is 9.93. The average Bonchev–Trinajstić information content (AvgIpc) is 2.94. The fraction of sp³-hybridized carbons (Fsp3) is 0.273. The zero-order chi connectivity index (χ0) is 20.3. The zero-order valence-electron chi connectivity index (χ0n) is 15.5. The molecule has 0 bridgehead atoms. The summed E-state index contributed by atoms with van der Waals surface area (Å²) in [5.74, 6) is -1.24. The maximum absolute atomic E-state index is 13.0. The van der Waals surface area contributed by atoms with E-state index in [9.17, 15) is 14.7 Å². The van der Waals surface area contributed by atoms with E-state index in [2.05, 4.69) is 0 Å². The van der Waals surface area contributed by atoms with Gasteiger partial charge in [-0.25, -0.2) is 0 Å². The Hall–Kier alpha value is -2.30. The SMILES string of the molecule is CCCN1C(=O)C(O)=C(C(=O)CCc2ccccc2)C1c1ccc(Cl)c(Cl)c1. The van der Waals surface area contributed by atoms with Crippen LogP contribution in [0.3, 0.4) is 0 Å². The standard InChI is InChI=1S/C22H21Cl2NO3/c1-2-12-25-20(15-9-10-16(23)17(24)13-15)19(21(27)22(25)28)18(26)11-8-14-6-4-3-5-7-14/h3-7,9-10,13,20,27H,2,8,11-12H2,1H3. The molecule has 0 saturated heterocycles. The van der Waals surface area contributed by atoms with Gasteiger partial charge in [-0.3, -0.25) is 9.59 Å². The zero-order valence-corrected chi connectivity index (χ0v) is 17.0. The second-order valence-corrected chi connectivity index (χ2v) is 7.56. The summed E-state index contributed by atoms with van der Waals surface area (Å²) >= 11 is 12.2. The van der Waals surface area contributed by atoms with Gasteiger partial charge in [0.15, 0.2) is 11.5 Å². The second-order valence-electron chi connectivity index (χ2n) is 6.75. The van der Waals surface area contributed by atoms with Gasteiger partial charge in [0.05, 0.1) is 21.7 Å². The van der Waals surface area contributed by atoms with Gasteiger partial charge in [0, 0.05) is 13.0 Å². The van der Waals surface area contributed by atoms with Crippen molar-refractivity contribution in [3.63, 3.8) is 0 Å². The van der Waals surface area contributed by atoms with E-state index in [0.717, 1.165) is 5.56 Å². The van der Waals surface area contributed by atoms with E-state index < -0.39 is 17.7 Å². The van der Waals surface area contributed by atoms with Gasteiger partial charge < -0.3 is 10.0 Å². The molecule has 1 unspecified atom stereocenters. The topological polar surface area (TPSA) is 57.6 Å². The fourth-order valence-electron chi connectivity index (χ4n) is 3.48. The van der Waals surface area contributed by atoms with E-state index in [4.69, 9.17) is 23.2 Å². The van der Waals surface area contributed by atoms with Crippen LogP contribution in [-0.4, -0.2) is 28.2 Å². The van der Waals surface area contributed by atoms with Crippen LogP contribution < -0.4 is 0 Å². The number of carbonyl (C=O) groups excluding carboxylic acids is 2. The van der Waals surface area contributed by atoms with Crippen LogP contribution in [0.15, 0.2) is 59.9 Å². The Bertz CT molecular complexity index is 925. The quantitative estimate of drug-likeness (QED) is 0.664. The van der Waals surface area contributed by atoms with Gasteiger partial charge >= 0.3 is 0 Å². The van der Waals surface area contributed by atoms with Crippen LogP contribution in [0.1, 0.15) is 36.9 Å². The van der Waals surface area contributed by atoms with Crippen LogP contribution >= 0.6 is 23.2 Å². The van der Waals surface area contributed by atoms with E-state index in [-0.39, 0.29) is 17.8 Å². The third-order valence-corrected chi connectivity index (χ3v) is 5.55. The summed E-state index contributed by atoms with van der Waals surface area (Å²) in [5.41, 5.74) is 1.81. The first-order valence-corrected chi connectivity index (χ1v) is 9.95. The van der Waals surface area contributed by atoms with Crippen LogP contribution in [0.4, 0.5) is 0 Å². The lowest BCUT2D eigenvalue weighted by Crippen LogP contribution is -2.31. The summed E-state index contributed by atoms with van der Waals surface area (Å²) in [6.45, 7) is 2.36. The first-order valence-electron chi connectivity index (χ1n) is 9.20. The summed E-state index contributed by atoms with van der Waals surface area (Å²) in [6.07, 6.45) is 1.43. The molecule has 0 saturated carbocycles. The van der Waals surface area contributed by atoms with Crippen molar-refractivity contribution in [3.05, 3.63) is 81.0 Å². The van der Waals surface area contributed by atoms with Crippen molar-refractivity contribution in [1.82, 2.24) is 4.90 Å². The molecule has 0 spiro atoms. The summed E-state index contributed by atoms with van der Waals surface area (Å²) in [7, 11) is 0. The molecule has 2 aromatic carbocycles. The van der Waals surface area contributed by atoms with Gasteiger partial charge in [0.25, 0.3) is 5.91 Å². The molecule has 0 aliphatic carbocycles. The first kappa shape index (κ1) is 20.4. The molecule has 4 nitrogen and oxygen atoms in total. The Labute approximate surface area is 174 Å². The van der Waals surface area contributed by atoms with Gasteiger partial charge in [0.2, 0.25) is 0 Å². The highest BCUT2D eigenvalue weighted by Crippen LogP contribution is 2.40. The third-order valence-electron chi connectivity index (χ3n) is 4.81. The maximum atomic E-state index is 13.0. The molecule has 1 heterocycles. The van der Waals surface area contributed by atoms with Gasteiger partial charge in [-0.15, -0.1) is 0 Å². The highest BCUT2D eigenvalue weighted by molar-refractivity contribution is 6.42. The molecule has 0 aromatic heterocycles. The molecule has 0 radical (unpaired) electrons. The Morgan fingerprint density at radius 2 is 1.82 bits per heavy atom. The van der Waals surface area contributed by atoms with Gasteiger partial charge in [-0.05, 0) is 36.1 Å². The Kier molecular flexibility index (Phi) is 6.42. The highest BCUT2D eigenvalue weighted by atomic mass is 35.5. The summed E-state index contributed by atoms with van der Waals surface area (Å²) in [5, 5.41) is 11.2. The predicted octanol–water partition coefficient (Wildman–Crippen LogP) is 5.30. The van der Waals surface area contributed by atoms with E-state index in [1.807, 2.05) is 37.3 Å². The van der Waals surface area contributed by atoms with Crippen LogP contribution in [0.5, 0.6) is 0 Å². The number of aliphatic hydroxyl groups excluding tert-OH is 1. The Morgan fingerprint density at radius 1 is 1.11 bits per heavy atom. The van der Waals surface area contributed by atoms with Crippen LogP contribution in [0, 0.1) is 0 Å². The lowest BCUT2D eigenvalue weighted by Gasteiger charge is -2.26. The smallest absolute Gasteiger partial charge is 0.290 e. The van der Waals surface area contributed by atoms with E-state index in [1.165, 1.54) is 4.90 Å². The first-order chi connectivity index (χ1) is 13.4. The van der Waals surface area contributed by atoms with Gasteiger partial charge in [0.1, 0.15) is 0 Å². The minimum absolute atomic E-state index is 0.132. The molecular formula is C22H21Cl2NO3. The molecular weight excluding hydrogens is 397 g/mol. The molecule has 0 fully saturated rings. The Balaban J connectivity index is 1.93. The number of ketones is 1. The van der Waals surface area contributed by atoms with Crippen molar-refractivity contribution >= 4 is 34.9 Å². The van der Waals surface area contributed by atoms with E-state index >= 15 is 0 Å². The molecule has 1 amide bonds. The predicted molar refractivity (Wildman–Crippen MR) is 111 cm³/mol. The molecule has 1 atom stereocenters. The van der Waals surface area contributed by atoms with Crippen molar-refractivity contribution in [1.29, 1.82) is 0 Å². The molecule has 1 N–H and O–H groups in total. The normalized spacial score (nSPS) is 16.8. The fourth-order valence-corrected chi connectivity index (χ4v) is 3.78. The van der Waals surface area contributed by atoms with Crippen molar-refractivity contribution < 1.29 is 14.7 Å². The summed E-state index contributed by atoms with van der Waals surface area (Å²) < 4.78 is 0. The minimum Gasteiger partial charge on any atom is -0.503 e. The van der Waals surface area contributed by atoms with Crippen molar-refractivity contribution in [2.75, 3.05) is 6.54 Å². The van der Waals surface area contributed by atoms with Crippen molar-refractivity contribution in [2.45, 2.75) is 32.2 Å². The van der Waals surface area contributed by atoms with E-state index in [1.54, 1.807) is 18.2 Å². The molecule has 1 aliphatic rings. The van der Waals surface area contributed by atoms with Gasteiger partial charge in [-0.1, -0.05) is 66.5 Å². The van der Waals surface area contributed by atoms with Crippen LogP contribution in [-0.2, 0) is 16.0 Å². The third kappa shape index (κ3) is 4.08. The monoisotopic (exact) mass is 417 g/mol. The number of rotatable bonds is 7. The van der Waals surface area contributed by atoms with Crippen LogP contribution in [0.2, 0.25) is 10.0 Å². The molecule has 1 aliphatic heterocycles. The molecule has 3 rings (SSSR count). The molecule has 28 heavy (non-hydrogen) atoms. The number of aliphatic hydroxyl groups is 1. The Morgan fingerprint density at radius 3 is 2.46 bits per heavy atom. The number of halogens is 2. The number of carbonyl (C=O) groups is 2. The van der Waals surface area contributed by atoms with Crippen LogP contribution in [0.25, 0.3) is 0 Å². The largest absolute Gasteiger partial charge is 0.503 e. The summed E-state index contributed by atoms with van der Waals surface area (Å²) in [4.78, 5) is 27.1. The average molecular weight is 418 g/mol. The number of amides is 1. The number of hydrogen-bond acceptors (Lipinski definition) is 3. The minimum atomic E-state index is -0.662. The number of nitrogens with zero attached hydrogens (tertiary/aromatic N) is 1.